The van der Waals surface area contributed by atoms with Crippen LogP contribution >= 0.6 is 0 Å². The van der Waals surface area contributed by atoms with Crippen molar-refractivity contribution in [2.75, 3.05) is 6.61 Å². The monoisotopic (exact) mass is 227 g/mol. The third kappa shape index (κ3) is 1.74. The predicted octanol–water partition coefficient (Wildman–Crippen LogP) is 3.81. The standard InChI is InChI=1S/C15H17NO/c1-2-3-8-15-14-11-12-6-4-5-7-13(12)16(14)9-10-17-15/h4-8,11H,2-3,9-10H2,1H3/b15-8-. The predicted molar refractivity (Wildman–Crippen MR) is 70.8 cm³/mol. The maximum Gasteiger partial charge on any atom is 0.139 e. The number of benzene rings is 1. The summed E-state index contributed by atoms with van der Waals surface area (Å²) in [5.74, 6) is 1.05. The van der Waals surface area contributed by atoms with Crippen LogP contribution in [0.1, 0.15) is 25.5 Å². The molecule has 0 amide bonds. The van der Waals surface area contributed by atoms with E-state index in [1.165, 1.54) is 16.6 Å². The van der Waals surface area contributed by atoms with Gasteiger partial charge in [0.15, 0.2) is 0 Å². The van der Waals surface area contributed by atoms with E-state index in [0.717, 1.165) is 31.8 Å². The SMILES string of the molecule is CCC/C=C1\OCCn2c1cc1ccccc12. The highest BCUT2D eigenvalue weighted by atomic mass is 16.5. The molecule has 88 valence electrons. The molecule has 2 nitrogen and oxygen atoms in total. The highest BCUT2D eigenvalue weighted by Gasteiger charge is 2.17. The van der Waals surface area contributed by atoms with E-state index >= 15 is 0 Å². The summed E-state index contributed by atoms with van der Waals surface area (Å²) in [4.78, 5) is 0. The molecule has 2 heterocycles. The van der Waals surface area contributed by atoms with Crippen LogP contribution < -0.4 is 0 Å². The van der Waals surface area contributed by atoms with Crippen LogP contribution in [-0.2, 0) is 11.3 Å². The minimum atomic E-state index is 0.779. The average molecular weight is 227 g/mol. The largest absolute Gasteiger partial charge is 0.490 e. The van der Waals surface area contributed by atoms with Crippen molar-refractivity contribution in [3.63, 3.8) is 0 Å². The van der Waals surface area contributed by atoms with Crippen LogP contribution in [0.25, 0.3) is 16.7 Å². The highest BCUT2D eigenvalue weighted by Crippen LogP contribution is 2.29. The van der Waals surface area contributed by atoms with Gasteiger partial charge in [0.05, 0.1) is 12.2 Å². The van der Waals surface area contributed by atoms with E-state index < -0.39 is 0 Å². The Kier molecular flexibility index (Phi) is 2.63. The molecule has 2 heteroatoms. The molecule has 3 rings (SSSR count). The summed E-state index contributed by atoms with van der Waals surface area (Å²) in [5.41, 5.74) is 2.54. The molecule has 0 unspecified atom stereocenters. The van der Waals surface area contributed by atoms with Gasteiger partial charge in [0, 0.05) is 10.9 Å². The van der Waals surface area contributed by atoms with Gasteiger partial charge in [-0.1, -0.05) is 31.5 Å². The second-order valence-electron chi connectivity index (χ2n) is 4.45. The van der Waals surface area contributed by atoms with Crippen molar-refractivity contribution in [3.8, 4) is 0 Å². The first-order valence-corrected chi connectivity index (χ1v) is 6.31. The Balaban J connectivity index is 2.14. The third-order valence-electron chi connectivity index (χ3n) is 3.25. The summed E-state index contributed by atoms with van der Waals surface area (Å²) in [6.07, 6.45) is 4.45. The average Bonchev–Trinajstić information content (AvgIpc) is 2.75. The van der Waals surface area contributed by atoms with Crippen molar-refractivity contribution < 1.29 is 4.74 Å². The molecule has 0 N–H and O–H groups in total. The molecule has 1 aromatic carbocycles. The Labute approximate surface area is 102 Å². The number of fused-ring (bicyclic) bond motifs is 3. The van der Waals surface area contributed by atoms with E-state index in [4.69, 9.17) is 4.74 Å². The lowest BCUT2D eigenvalue weighted by Crippen LogP contribution is -2.15. The second kappa shape index (κ2) is 4.28. The zero-order valence-electron chi connectivity index (χ0n) is 10.1. The normalized spacial score (nSPS) is 17.1. The van der Waals surface area contributed by atoms with Gasteiger partial charge in [0.25, 0.3) is 0 Å². The fourth-order valence-electron chi connectivity index (χ4n) is 2.42. The lowest BCUT2D eigenvalue weighted by atomic mass is 10.2. The van der Waals surface area contributed by atoms with Crippen LogP contribution in [0.5, 0.6) is 0 Å². The van der Waals surface area contributed by atoms with Crippen LogP contribution in [-0.4, -0.2) is 11.2 Å². The molecule has 0 bridgehead atoms. The molecule has 2 aromatic rings. The number of hydrogen-bond donors (Lipinski definition) is 0. The number of allylic oxidation sites excluding steroid dienone is 1. The molecule has 0 radical (unpaired) electrons. The second-order valence-corrected chi connectivity index (χ2v) is 4.45. The number of ether oxygens (including phenoxy) is 1. The molecule has 1 aliphatic heterocycles. The van der Waals surface area contributed by atoms with Crippen LogP contribution in [0.2, 0.25) is 0 Å². The van der Waals surface area contributed by atoms with Gasteiger partial charge in [-0.05, 0) is 24.6 Å². The first-order chi connectivity index (χ1) is 8.40. The van der Waals surface area contributed by atoms with Crippen molar-refractivity contribution in [2.45, 2.75) is 26.3 Å². The molecule has 1 aromatic heterocycles. The Bertz CT molecular complexity index is 565. The van der Waals surface area contributed by atoms with E-state index in [1.54, 1.807) is 0 Å². The van der Waals surface area contributed by atoms with E-state index in [1.807, 2.05) is 0 Å². The summed E-state index contributed by atoms with van der Waals surface area (Å²) in [6.45, 7) is 3.92. The van der Waals surface area contributed by atoms with E-state index in [0.29, 0.717) is 0 Å². The first-order valence-electron chi connectivity index (χ1n) is 6.31. The first kappa shape index (κ1) is 10.5. The van der Waals surface area contributed by atoms with E-state index in [-0.39, 0.29) is 0 Å². The number of rotatable bonds is 2. The molecule has 0 atom stereocenters. The fourth-order valence-corrected chi connectivity index (χ4v) is 2.42. The molecular formula is C15H17NO. The Morgan fingerprint density at radius 2 is 2.24 bits per heavy atom. The zero-order chi connectivity index (χ0) is 11.7. The Morgan fingerprint density at radius 3 is 3.12 bits per heavy atom. The summed E-state index contributed by atoms with van der Waals surface area (Å²) >= 11 is 0. The smallest absolute Gasteiger partial charge is 0.139 e. The fraction of sp³-hybridized carbons (Fsp3) is 0.333. The summed E-state index contributed by atoms with van der Waals surface area (Å²) < 4.78 is 8.14. The molecule has 0 saturated carbocycles. The van der Waals surface area contributed by atoms with Crippen molar-refractivity contribution in [1.82, 2.24) is 4.57 Å². The molecular weight excluding hydrogens is 210 g/mol. The minimum Gasteiger partial charge on any atom is -0.490 e. The number of para-hydroxylation sites is 1. The third-order valence-corrected chi connectivity index (χ3v) is 3.25. The highest BCUT2D eigenvalue weighted by molar-refractivity contribution is 5.85. The van der Waals surface area contributed by atoms with Gasteiger partial charge in [0.1, 0.15) is 12.4 Å². The van der Waals surface area contributed by atoms with Crippen molar-refractivity contribution in [3.05, 3.63) is 42.1 Å². The van der Waals surface area contributed by atoms with Crippen molar-refractivity contribution in [2.24, 2.45) is 0 Å². The van der Waals surface area contributed by atoms with Crippen LogP contribution in [0.3, 0.4) is 0 Å². The molecule has 1 aliphatic rings. The number of nitrogens with zero attached hydrogens (tertiary/aromatic N) is 1. The molecule has 0 saturated heterocycles. The quantitative estimate of drug-likeness (QED) is 0.761. The van der Waals surface area contributed by atoms with Gasteiger partial charge in [-0.3, -0.25) is 0 Å². The van der Waals surface area contributed by atoms with Gasteiger partial charge in [0.2, 0.25) is 0 Å². The van der Waals surface area contributed by atoms with Gasteiger partial charge in [-0.2, -0.15) is 0 Å². The number of aromatic nitrogens is 1. The topological polar surface area (TPSA) is 14.2 Å². The van der Waals surface area contributed by atoms with Crippen LogP contribution in [0.15, 0.2) is 36.4 Å². The lowest BCUT2D eigenvalue weighted by molar-refractivity contribution is 0.239. The number of hydrogen-bond acceptors (Lipinski definition) is 1. The Morgan fingerprint density at radius 1 is 1.35 bits per heavy atom. The summed E-state index contributed by atoms with van der Waals surface area (Å²) in [5, 5.41) is 1.30. The minimum absolute atomic E-state index is 0.779. The summed E-state index contributed by atoms with van der Waals surface area (Å²) in [6, 6.07) is 10.8. The van der Waals surface area contributed by atoms with E-state index in [9.17, 15) is 0 Å². The molecule has 0 spiro atoms. The van der Waals surface area contributed by atoms with Gasteiger partial charge in [-0.25, -0.2) is 0 Å². The molecule has 0 fully saturated rings. The number of unbranched alkanes of at least 4 members (excludes halogenated alkanes) is 1. The van der Waals surface area contributed by atoms with Gasteiger partial charge < -0.3 is 9.30 Å². The Hall–Kier alpha value is -1.70. The van der Waals surface area contributed by atoms with Crippen molar-refractivity contribution >= 4 is 16.7 Å². The van der Waals surface area contributed by atoms with Gasteiger partial charge in [-0.15, -0.1) is 0 Å². The summed E-state index contributed by atoms with van der Waals surface area (Å²) in [7, 11) is 0. The maximum absolute atomic E-state index is 5.78. The zero-order valence-corrected chi connectivity index (χ0v) is 10.1. The van der Waals surface area contributed by atoms with E-state index in [2.05, 4.69) is 47.9 Å². The maximum atomic E-state index is 5.78. The van der Waals surface area contributed by atoms with Crippen molar-refractivity contribution in [1.29, 1.82) is 0 Å². The lowest BCUT2D eigenvalue weighted by Gasteiger charge is -2.20. The van der Waals surface area contributed by atoms with Crippen LogP contribution in [0.4, 0.5) is 0 Å². The van der Waals surface area contributed by atoms with Crippen LogP contribution in [0, 0.1) is 0 Å². The molecule has 17 heavy (non-hydrogen) atoms. The van der Waals surface area contributed by atoms with Gasteiger partial charge >= 0.3 is 0 Å². The molecule has 0 aliphatic carbocycles.